The first kappa shape index (κ1) is 25.8. The number of carbonyl (C=O) groups excluding carboxylic acids is 1. The van der Waals surface area contributed by atoms with Gasteiger partial charge in [-0.3, -0.25) is 4.79 Å². The first-order valence-electron chi connectivity index (χ1n) is 9.75. The van der Waals surface area contributed by atoms with E-state index in [1.807, 2.05) is 20.8 Å². The van der Waals surface area contributed by atoms with Gasteiger partial charge in [-0.2, -0.15) is 0 Å². The summed E-state index contributed by atoms with van der Waals surface area (Å²) in [5, 5.41) is 3.98. The molecule has 0 heterocycles. The summed E-state index contributed by atoms with van der Waals surface area (Å²) in [6, 6.07) is 4.88. The molecule has 0 saturated carbocycles. The van der Waals surface area contributed by atoms with Gasteiger partial charge in [-0.15, -0.1) is 0 Å². The van der Waals surface area contributed by atoms with Gasteiger partial charge >= 0.3 is 0 Å². The van der Waals surface area contributed by atoms with Crippen LogP contribution in [0, 0.1) is 11.8 Å². The van der Waals surface area contributed by atoms with E-state index < -0.39 is 20.0 Å². The van der Waals surface area contributed by atoms with Crippen LogP contribution < -0.4 is 10.1 Å². The van der Waals surface area contributed by atoms with E-state index in [9.17, 15) is 4.79 Å². The van der Waals surface area contributed by atoms with Crippen molar-refractivity contribution in [1.29, 1.82) is 0 Å². The Bertz CT molecular complexity index is 756. The van der Waals surface area contributed by atoms with Crippen molar-refractivity contribution in [2.45, 2.75) is 77.7 Å². The van der Waals surface area contributed by atoms with E-state index in [4.69, 9.17) is 32.4 Å². The van der Waals surface area contributed by atoms with Crippen LogP contribution in [0.4, 0.5) is 0 Å². The van der Waals surface area contributed by atoms with Gasteiger partial charge in [0.05, 0.1) is 12.1 Å². The zero-order chi connectivity index (χ0) is 22.5. The lowest BCUT2D eigenvalue weighted by Gasteiger charge is -2.35. The molecule has 0 spiro atoms. The van der Waals surface area contributed by atoms with Crippen LogP contribution in [0.2, 0.25) is 28.2 Å². The standard InChI is InChI=1S/C22H33Cl2NO3Si/c1-9-19(28-18-14-16(23)13-17(24)15-18)20(26)25-22(5,6)11-10-12-27-29(7,8)21(2,3)4/h13-15,19H,9,12H2,1-8H3,(H,25,26). The third kappa shape index (κ3) is 8.60. The quantitative estimate of drug-likeness (QED) is 0.399. The zero-order valence-electron chi connectivity index (χ0n) is 18.7. The van der Waals surface area contributed by atoms with Crippen molar-refractivity contribution in [1.82, 2.24) is 5.32 Å². The minimum atomic E-state index is -1.84. The Balaban J connectivity index is 2.72. The highest BCUT2D eigenvalue weighted by Crippen LogP contribution is 2.36. The van der Waals surface area contributed by atoms with Crippen LogP contribution in [0.25, 0.3) is 0 Å². The lowest BCUT2D eigenvalue weighted by Crippen LogP contribution is -2.48. The second kappa shape index (κ2) is 10.2. The fourth-order valence-electron chi connectivity index (χ4n) is 2.19. The number of halogens is 2. The van der Waals surface area contributed by atoms with Gasteiger partial charge in [0.1, 0.15) is 5.75 Å². The third-order valence-corrected chi connectivity index (χ3v) is 9.84. The van der Waals surface area contributed by atoms with Crippen molar-refractivity contribution in [2.75, 3.05) is 6.61 Å². The Kier molecular flexibility index (Phi) is 9.10. The molecule has 0 bridgehead atoms. The summed E-state index contributed by atoms with van der Waals surface area (Å²) >= 11 is 12.0. The van der Waals surface area contributed by atoms with E-state index in [0.29, 0.717) is 28.8 Å². The highest BCUT2D eigenvalue weighted by atomic mass is 35.5. The van der Waals surface area contributed by atoms with Gasteiger partial charge in [-0.05, 0) is 56.6 Å². The molecular formula is C22H33Cl2NO3Si. The number of amides is 1. The van der Waals surface area contributed by atoms with Crippen LogP contribution in [0.1, 0.15) is 48.0 Å². The summed E-state index contributed by atoms with van der Waals surface area (Å²) in [6.45, 7) is 16.9. The molecule has 1 N–H and O–H groups in total. The Morgan fingerprint density at radius 1 is 1.14 bits per heavy atom. The van der Waals surface area contributed by atoms with Gasteiger partial charge in [0.25, 0.3) is 5.91 Å². The van der Waals surface area contributed by atoms with Crippen molar-refractivity contribution in [2.24, 2.45) is 0 Å². The first-order valence-corrected chi connectivity index (χ1v) is 13.4. The molecule has 29 heavy (non-hydrogen) atoms. The Labute approximate surface area is 186 Å². The van der Waals surface area contributed by atoms with Crippen LogP contribution in [0.5, 0.6) is 5.75 Å². The first-order chi connectivity index (χ1) is 13.2. The second-order valence-corrected chi connectivity index (χ2v) is 14.8. The number of rotatable bonds is 7. The van der Waals surface area contributed by atoms with Gasteiger partial charge in [-0.1, -0.05) is 62.7 Å². The summed E-state index contributed by atoms with van der Waals surface area (Å²) in [4.78, 5) is 12.7. The normalized spacial score (nSPS) is 13.3. The van der Waals surface area contributed by atoms with Crippen molar-refractivity contribution in [3.05, 3.63) is 28.2 Å². The SMILES string of the molecule is CCC(Oc1cc(Cl)cc(Cl)c1)C(=O)NC(C)(C)C#CCO[Si](C)(C)C(C)(C)C. The fourth-order valence-corrected chi connectivity index (χ4v) is 3.56. The molecule has 1 rings (SSSR count). The van der Waals surface area contributed by atoms with Crippen molar-refractivity contribution in [3.63, 3.8) is 0 Å². The van der Waals surface area contributed by atoms with Crippen molar-refractivity contribution in [3.8, 4) is 17.6 Å². The lowest BCUT2D eigenvalue weighted by atomic mass is 10.1. The Morgan fingerprint density at radius 3 is 2.17 bits per heavy atom. The number of ether oxygens (including phenoxy) is 1. The number of hydrogen-bond donors (Lipinski definition) is 1. The maximum absolute atomic E-state index is 12.7. The van der Waals surface area contributed by atoms with Crippen LogP contribution in [-0.2, 0) is 9.22 Å². The Morgan fingerprint density at radius 2 is 1.69 bits per heavy atom. The molecule has 0 aromatic heterocycles. The van der Waals surface area contributed by atoms with Crippen LogP contribution in [0.3, 0.4) is 0 Å². The number of benzene rings is 1. The highest BCUT2D eigenvalue weighted by molar-refractivity contribution is 6.74. The van der Waals surface area contributed by atoms with Crippen LogP contribution >= 0.6 is 23.2 Å². The molecule has 1 aromatic rings. The topological polar surface area (TPSA) is 47.6 Å². The maximum atomic E-state index is 12.7. The van der Waals surface area contributed by atoms with Gasteiger partial charge < -0.3 is 14.5 Å². The van der Waals surface area contributed by atoms with Crippen LogP contribution in [-0.4, -0.2) is 32.5 Å². The molecule has 1 unspecified atom stereocenters. The summed E-state index contributed by atoms with van der Waals surface area (Å²) < 4.78 is 11.9. The van der Waals surface area contributed by atoms with E-state index in [0.717, 1.165) is 0 Å². The molecule has 0 radical (unpaired) electrons. The minimum Gasteiger partial charge on any atom is -0.481 e. The molecule has 0 saturated heterocycles. The van der Waals surface area contributed by atoms with E-state index in [1.165, 1.54) is 0 Å². The largest absolute Gasteiger partial charge is 0.481 e. The van der Waals surface area contributed by atoms with Crippen molar-refractivity contribution < 1.29 is 14.0 Å². The maximum Gasteiger partial charge on any atom is 0.262 e. The molecular weight excluding hydrogens is 425 g/mol. The molecule has 1 aromatic carbocycles. The predicted molar refractivity (Wildman–Crippen MR) is 124 cm³/mol. The predicted octanol–water partition coefficient (Wildman–Crippen LogP) is 6.07. The molecule has 1 amide bonds. The molecule has 0 aliphatic heterocycles. The number of hydrogen-bond acceptors (Lipinski definition) is 3. The molecule has 162 valence electrons. The van der Waals surface area contributed by atoms with E-state index >= 15 is 0 Å². The molecule has 0 aliphatic carbocycles. The summed E-state index contributed by atoms with van der Waals surface area (Å²) in [5.74, 6) is 6.36. The summed E-state index contributed by atoms with van der Waals surface area (Å²) in [7, 11) is -1.84. The molecule has 0 fully saturated rings. The monoisotopic (exact) mass is 457 g/mol. The second-order valence-electron chi connectivity index (χ2n) is 9.08. The van der Waals surface area contributed by atoms with Gasteiger partial charge in [-0.25, -0.2) is 0 Å². The van der Waals surface area contributed by atoms with Gasteiger partial charge in [0.2, 0.25) is 0 Å². The number of nitrogens with one attached hydrogen (secondary N) is 1. The average Bonchev–Trinajstić information content (AvgIpc) is 2.54. The van der Waals surface area contributed by atoms with E-state index in [-0.39, 0.29) is 10.9 Å². The van der Waals surface area contributed by atoms with Gasteiger partial charge in [0, 0.05) is 10.0 Å². The van der Waals surface area contributed by atoms with Crippen molar-refractivity contribution >= 4 is 37.4 Å². The van der Waals surface area contributed by atoms with E-state index in [2.05, 4.69) is 51.0 Å². The fraction of sp³-hybridized carbons (Fsp3) is 0.591. The summed E-state index contributed by atoms with van der Waals surface area (Å²) in [6.07, 6.45) is -0.178. The van der Waals surface area contributed by atoms with Gasteiger partial charge in [0.15, 0.2) is 14.4 Å². The Hall–Kier alpha value is -1.19. The lowest BCUT2D eigenvalue weighted by molar-refractivity contribution is -0.129. The average molecular weight is 459 g/mol. The highest BCUT2D eigenvalue weighted by Gasteiger charge is 2.36. The number of carbonyl (C=O) groups is 1. The molecule has 4 nitrogen and oxygen atoms in total. The molecule has 1 atom stereocenters. The smallest absolute Gasteiger partial charge is 0.262 e. The third-order valence-electron chi connectivity index (χ3n) is 4.93. The van der Waals surface area contributed by atoms with Crippen LogP contribution in [0.15, 0.2) is 18.2 Å². The van der Waals surface area contributed by atoms with E-state index in [1.54, 1.807) is 18.2 Å². The zero-order valence-corrected chi connectivity index (χ0v) is 21.2. The molecule has 7 heteroatoms. The molecule has 0 aliphatic rings. The summed E-state index contributed by atoms with van der Waals surface area (Å²) in [5.41, 5.74) is -0.712. The minimum absolute atomic E-state index is 0.132.